The molecule has 0 bridgehead atoms. The van der Waals surface area contributed by atoms with E-state index in [1.54, 1.807) is 12.1 Å². The van der Waals surface area contributed by atoms with Gasteiger partial charge in [0.25, 0.3) is 5.91 Å². The minimum atomic E-state index is -0.643. The van der Waals surface area contributed by atoms with Crippen LogP contribution in [0, 0.1) is 11.6 Å². The fourth-order valence-corrected chi connectivity index (χ4v) is 1.91. The third-order valence-corrected chi connectivity index (χ3v) is 2.85. The Balaban J connectivity index is 2.42. The van der Waals surface area contributed by atoms with Crippen molar-refractivity contribution in [1.82, 2.24) is 0 Å². The van der Waals surface area contributed by atoms with Crippen LogP contribution >= 0.6 is 0 Å². The lowest BCUT2D eigenvalue weighted by Crippen LogP contribution is -2.36. The minimum Gasteiger partial charge on any atom is -0.329 e. The Morgan fingerprint density at radius 3 is 2.20 bits per heavy atom. The second kappa shape index (κ2) is 6.25. The van der Waals surface area contributed by atoms with Crippen LogP contribution in [0.5, 0.6) is 0 Å². The topological polar surface area (TPSA) is 46.3 Å². The van der Waals surface area contributed by atoms with E-state index in [2.05, 4.69) is 0 Å². The van der Waals surface area contributed by atoms with Gasteiger partial charge in [0.1, 0.15) is 11.6 Å². The lowest BCUT2D eigenvalue weighted by atomic mass is 10.1. The highest BCUT2D eigenvalue weighted by Crippen LogP contribution is 2.21. The Kier molecular flexibility index (Phi) is 4.42. The lowest BCUT2D eigenvalue weighted by Gasteiger charge is -2.22. The summed E-state index contributed by atoms with van der Waals surface area (Å²) in [6.45, 7) is 0.253. The Morgan fingerprint density at radius 2 is 1.60 bits per heavy atom. The Hall–Kier alpha value is -2.27. The lowest BCUT2D eigenvalue weighted by molar-refractivity contribution is 0.0983. The first-order chi connectivity index (χ1) is 9.65. The molecule has 0 atom stereocenters. The van der Waals surface area contributed by atoms with Crippen molar-refractivity contribution in [3.05, 3.63) is 65.7 Å². The quantitative estimate of drug-likeness (QED) is 0.933. The van der Waals surface area contributed by atoms with Crippen LogP contribution in [0.1, 0.15) is 10.4 Å². The predicted molar refractivity (Wildman–Crippen MR) is 73.5 cm³/mol. The summed E-state index contributed by atoms with van der Waals surface area (Å²) < 4.78 is 27.5. The molecule has 0 saturated carbocycles. The number of hydrogen-bond donors (Lipinski definition) is 1. The summed E-state index contributed by atoms with van der Waals surface area (Å²) in [7, 11) is 0. The Morgan fingerprint density at radius 1 is 1.00 bits per heavy atom. The molecule has 0 saturated heterocycles. The number of rotatable bonds is 4. The highest BCUT2D eigenvalue weighted by Gasteiger charge is 2.22. The molecule has 0 radical (unpaired) electrons. The molecule has 1 amide bonds. The number of nitrogens with zero attached hydrogens (tertiary/aromatic N) is 1. The monoisotopic (exact) mass is 276 g/mol. The zero-order valence-electron chi connectivity index (χ0n) is 10.7. The van der Waals surface area contributed by atoms with Crippen LogP contribution in [0.4, 0.5) is 14.5 Å². The number of carbonyl (C=O) groups excluding carboxylic acids is 1. The fourth-order valence-electron chi connectivity index (χ4n) is 1.91. The molecule has 0 spiro atoms. The van der Waals surface area contributed by atoms with Crippen molar-refractivity contribution in [3.8, 4) is 0 Å². The highest BCUT2D eigenvalue weighted by atomic mass is 19.1. The molecule has 0 heterocycles. The molecule has 0 aliphatic carbocycles. The number of nitrogens with two attached hydrogens (primary N) is 1. The SMILES string of the molecule is NCCN(C(=O)c1ccccc1F)c1ccccc1F. The summed E-state index contributed by atoms with van der Waals surface area (Å²) in [6.07, 6.45) is 0. The average Bonchev–Trinajstić information content (AvgIpc) is 2.46. The van der Waals surface area contributed by atoms with Crippen LogP contribution in [0.25, 0.3) is 0 Å². The summed E-state index contributed by atoms with van der Waals surface area (Å²) in [4.78, 5) is 13.5. The molecule has 2 aromatic carbocycles. The largest absolute Gasteiger partial charge is 0.329 e. The number of para-hydroxylation sites is 1. The number of hydrogen-bond acceptors (Lipinski definition) is 2. The summed E-state index contributed by atoms with van der Waals surface area (Å²) in [5.41, 5.74) is 5.44. The first kappa shape index (κ1) is 14.1. The summed E-state index contributed by atoms with van der Waals surface area (Å²) in [6, 6.07) is 11.4. The zero-order valence-corrected chi connectivity index (χ0v) is 10.7. The van der Waals surface area contributed by atoms with Crippen LogP contribution in [0.15, 0.2) is 48.5 Å². The van der Waals surface area contributed by atoms with Gasteiger partial charge >= 0.3 is 0 Å². The zero-order chi connectivity index (χ0) is 14.5. The molecule has 0 aliphatic rings. The van der Waals surface area contributed by atoms with Crippen molar-refractivity contribution in [3.63, 3.8) is 0 Å². The van der Waals surface area contributed by atoms with Gasteiger partial charge in [-0.2, -0.15) is 0 Å². The van der Waals surface area contributed by atoms with E-state index in [1.165, 1.54) is 36.4 Å². The smallest absolute Gasteiger partial charge is 0.261 e. The highest BCUT2D eigenvalue weighted by molar-refractivity contribution is 6.06. The number of benzene rings is 2. The summed E-state index contributed by atoms with van der Waals surface area (Å²) in [5.74, 6) is -1.81. The van der Waals surface area contributed by atoms with E-state index >= 15 is 0 Å². The van der Waals surface area contributed by atoms with Gasteiger partial charge in [0.05, 0.1) is 11.3 Å². The third kappa shape index (κ3) is 2.83. The van der Waals surface area contributed by atoms with Gasteiger partial charge in [-0.1, -0.05) is 24.3 Å². The maximum absolute atomic E-state index is 13.8. The molecule has 0 aromatic heterocycles. The maximum atomic E-state index is 13.8. The number of anilines is 1. The summed E-state index contributed by atoms with van der Waals surface area (Å²) in [5, 5.41) is 0. The molecular formula is C15H14F2N2O. The van der Waals surface area contributed by atoms with Crippen molar-refractivity contribution in [2.75, 3.05) is 18.0 Å². The van der Waals surface area contributed by atoms with Crippen molar-refractivity contribution in [2.24, 2.45) is 5.73 Å². The van der Waals surface area contributed by atoms with Gasteiger partial charge in [-0.15, -0.1) is 0 Å². The number of carbonyl (C=O) groups is 1. The van der Waals surface area contributed by atoms with Gasteiger partial charge < -0.3 is 10.6 Å². The second-order valence-electron chi connectivity index (χ2n) is 4.18. The van der Waals surface area contributed by atoms with Crippen LogP contribution in [-0.4, -0.2) is 19.0 Å². The Labute approximate surface area is 115 Å². The van der Waals surface area contributed by atoms with E-state index in [0.717, 1.165) is 4.90 Å². The standard InChI is InChI=1S/C15H14F2N2O/c16-12-6-2-1-5-11(12)15(20)19(10-9-18)14-8-4-3-7-13(14)17/h1-8H,9-10,18H2. The predicted octanol–water partition coefficient (Wildman–Crippen LogP) is 2.57. The molecule has 3 nitrogen and oxygen atoms in total. The van der Waals surface area contributed by atoms with Crippen molar-refractivity contribution in [2.45, 2.75) is 0 Å². The molecule has 20 heavy (non-hydrogen) atoms. The van der Waals surface area contributed by atoms with Gasteiger partial charge in [-0.25, -0.2) is 8.78 Å². The van der Waals surface area contributed by atoms with E-state index in [0.29, 0.717) is 0 Å². The molecule has 5 heteroatoms. The average molecular weight is 276 g/mol. The van der Waals surface area contributed by atoms with Gasteiger partial charge in [-0.05, 0) is 24.3 Å². The third-order valence-electron chi connectivity index (χ3n) is 2.85. The van der Waals surface area contributed by atoms with Crippen LogP contribution in [0.3, 0.4) is 0 Å². The molecule has 0 aliphatic heterocycles. The molecule has 104 valence electrons. The number of amides is 1. The molecule has 2 rings (SSSR count). The number of halogens is 2. The van der Waals surface area contributed by atoms with Gasteiger partial charge in [0.2, 0.25) is 0 Å². The van der Waals surface area contributed by atoms with E-state index < -0.39 is 17.5 Å². The molecular weight excluding hydrogens is 262 g/mol. The molecule has 2 aromatic rings. The van der Waals surface area contributed by atoms with Gasteiger partial charge in [-0.3, -0.25) is 4.79 Å². The van der Waals surface area contributed by atoms with E-state index in [-0.39, 0.29) is 24.3 Å². The van der Waals surface area contributed by atoms with Crippen molar-refractivity contribution < 1.29 is 13.6 Å². The first-order valence-electron chi connectivity index (χ1n) is 6.16. The van der Waals surface area contributed by atoms with Crippen LogP contribution < -0.4 is 10.6 Å². The van der Waals surface area contributed by atoms with Gasteiger partial charge in [0, 0.05) is 13.1 Å². The van der Waals surface area contributed by atoms with Gasteiger partial charge in [0.15, 0.2) is 0 Å². The van der Waals surface area contributed by atoms with Crippen LogP contribution in [0.2, 0.25) is 0 Å². The van der Waals surface area contributed by atoms with Crippen molar-refractivity contribution >= 4 is 11.6 Å². The van der Waals surface area contributed by atoms with E-state index in [9.17, 15) is 13.6 Å². The minimum absolute atomic E-state index is 0.0891. The summed E-state index contributed by atoms with van der Waals surface area (Å²) >= 11 is 0. The fraction of sp³-hybridized carbons (Fsp3) is 0.133. The van der Waals surface area contributed by atoms with Crippen molar-refractivity contribution in [1.29, 1.82) is 0 Å². The molecule has 2 N–H and O–H groups in total. The molecule has 0 unspecified atom stereocenters. The van der Waals surface area contributed by atoms with Crippen LogP contribution in [-0.2, 0) is 0 Å². The van der Waals surface area contributed by atoms with E-state index in [4.69, 9.17) is 5.73 Å². The molecule has 0 fully saturated rings. The normalized spacial score (nSPS) is 10.3. The van der Waals surface area contributed by atoms with E-state index in [1.807, 2.05) is 0 Å². The Bertz CT molecular complexity index is 616. The first-order valence-corrected chi connectivity index (χ1v) is 6.16. The second-order valence-corrected chi connectivity index (χ2v) is 4.18. The maximum Gasteiger partial charge on any atom is 0.261 e.